The summed E-state index contributed by atoms with van der Waals surface area (Å²) in [5.41, 5.74) is 7.34. The van der Waals surface area contributed by atoms with Crippen LogP contribution < -0.4 is 10.6 Å². The van der Waals surface area contributed by atoms with Crippen molar-refractivity contribution in [3.05, 3.63) is 35.6 Å². The van der Waals surface area contributed by atoms with Gasteiger partial charge in [0.1, 0.15) is 12.0 Å². The van der Waals surface area contributed by atoms with Gasteiger partial charge in [0, 0.05) is 19.2 Å². The van der Waals surface area contributed by atoms with Crippen molar-refractivity contribution in [1.29, 1.82) is 0 Å². The first-order valence-electron chi connectivity index (χ1n) is 5.09. The Morgan fingerprint density at radius 1 is 1.44 bits per heavy atom. The van der Waals surface area contributed by atoms with Crippen LogP contribution in [-0.2, 0) is 13.1 Å². The van der Waals surface area contributed by atoms with E-state index in [0.717, 1.165) is 17.0 Å². The number of aryl methyl sites for hydroxylation is 1. The van der Waals surface area contributed by atoms with Crippen LogP contribution in [-0.4, -0.2) is 12.0 Å². The Kier molecular flexibility index (Phi) is 2.96. The highest BCUT2D eigenvalue weighted by molar-refractivity contribution is 5.29. The summed E-state index contributed by atoms with van der Waals surface area (Å²) < 4.78 is 10.5. The molecule has 0 aliphatic rings. The zero-order chi connectivity index (χ0) is 11.5. The van der Waals surface area contributed by atoms with Gasteiger partial charge in [0.05, 0.1) is 18.5 Å². The van der Waals surface area contributed by atoms with Crippen LogP contribution in [0.2, 0.25) is 0 Å². The van der Waals surface area contributed by atoms with E-state index < -0.39 is 0 Å². The lowest BCUT2D eigenvalue weighted by Crippen LogP contribution is -2.17. The predicted molar refractivity (Wildman–Crippen MR) is 59.9 cm³/mol. The molecule has 2 N–H and O–H groups in total. The molecule has 0 aromatic carbocycles. The van der Waals surface area contributed by atoms with Crippen molar-refractivity contribution in [2.75, 3.05) is 11.9 Å². The Bertz CT molecular complexity index is 461. The Balaban J connectivity index is 2.08. The summed E-state index contributed by atoms with van der Waals surface area (Å²) in [5, 5.41) is 0. The normalized spacial score (nSPS) is 10.7. The zero-order valence-corrected chi connectivity index (χ0v) is 9.43. The molecule has 2 aromatic heterocycles. The van der Waals surface area contributed by atoms with Crippen LogP contribution >= 0.6 is 0 Å². The number of anilines is 1. The molecule has 16 heavy (non-hydrogen) atoms. The average molecular weight is 221 g/mol. The summed E-state index contributed by atoms with van der Waals surface area (Å²) in [6.07, 6.45) is 3.26. The van der Waals surface area contributed by atoms with Gasteiger partial charge in [-0.25, -0.2) is 0 Å². The Morgan fingerprint density at radius 2 is 2.25 bits per heavy atom. The van der Waals surface area contributed by atoms with E-state index in [-0.39, 0.29) is 0 Å². The third-order valence-corrected chi connectivity index (χ3v) is 2.45. The molecule has 0 spiro atoms. The Morgan fingerprint density at radius 3 is 2.81 bits per heavy atom. The van der Waals surface area contributed by atoms with Crippen LogP contribution in [0.3, 0.4) is 0 Å². The molecule has 0 amide bonds. The van der Waals surface area contributed by atoms with Crippen molar-refractivity contribution < 1.29 is 8.83 Å². The summed E-state index contributed by atoms with van der Waals surface area (Å²) in [7, 11) is 1.92. The summed E-state index contributed by atoms with van der Waals surface area (Å²) in [6, 6.07) is 2.51. The molecule has 5 heteroatoms. The fraction of sp³-hybridized carbons (Fsp3) is 0.364. The minimum absolute atomic E-state index is 0.391. The number of oxazole rings is 1. The summed E-state index contributed by atoms with van der Waals surface area (Å²) in [6.45, 7) is 3.03. The van der Waals surface area contributed by atoms with Gasteiger partial charge >= 0.3 is 0 Å². The highest BCUT2D eigenvalue weighted by Crippen LogP contribution is 2.17. The fourth-order valence-electron chi connectivity index (χ4n) is 1.46. The number of nitrogens with zero attached hydrogens (tertiary/aromatic N) is 2. The monoisotopic (exact) mass is 221 g/mol. The molecule has 0 fully saturated rings. The van der Waals surface area contributed by atoms with Crippen LogP contribution in [0.25, 0.3) is 0 Å². The van der Waals surface area contributed by atoms with Crippen LogP contribution in [0.4, 0.5) is 6.01 Å². The molecular weight excluding hydrogens is 206 g/mol. The lowest BCUT2D eigenvalue weighted by molar-refractivity contribution is 0.524. The highest BCUT2D eigenvalue weighted by atomic mass is 16.4. The number of hydrogen-bond acceptors (Lipinski definition) is 5. The lowest BCUT2D eigenvalue weighted by Gasteiger charge is -2.13. The van der Waals surface area contributed by atoms with E-state index in [1.807, 2.05) is 24.9 Å². The molecular formula is C11H15N3O2. The molecule has 2 rings (SSSR count). The average Bonchev–Trinajstić information content (AvgIpc) is 2.88. The van der Waals surface area contributed by atoms with E-state index in [1.54, 1.807) is 12.5 Å². The second kappa shape index (κ2) is 4.40. The number of rotatable bonds is 4. The first kappa shape index (κ1) is 10.8. The summed E-state index contributed by atoms with van der Waals surface area (Å²) >= 11 is 0. The van der Waals surface area contributed by atoms with Crippen molar-refractivity contribution in [3.8, 4) is 0 Å². The van der Waals surface area contributed by atoms with Gasteiger partial charge in [-0.05, 0) is 13.0 Å². The molecule has 0 radical (unpaired) electrons. The topological polar surface area (TPSA) is 68.4 Å². The van der Waals surface area contributed by atoms with Gasteiger partial charge < -0.3 is 19.5 Å². The van der Waals surface area contributed by atoms with Gasteiger partial charge in [0.25, 0.3) is 6.01 Å². The lowest BCUT2D eigenvalue weighted by atomic mass is 10.2. The van der Waals surface area contributed by atoms with Crippen LogP contribution in [0, 0.1) is 6.92 Å². The quantitative estimate of drug-likeness (QED) is 0.850. The van der Waals surface area contributed by atoms with Crippen LogP contribution in [0.5, 0.6) is 0 Å². The summed E-state index contributed by atoms with van der Waals surface area (Å²) in [5.74, 6) is 0.914. The van der Waals surface area contributed by atoms with Gasteiger partial charge in [-0.1, -0.05) is 0 Å². The number of aromatic nitrogens is 1. The SMILES string of the molecule is Cc1occc1CN(C)c1nc(CN)co1. The second-order valence-corrected chi connectivity index (χ2v) is 3.68. The molecule has 0 unspecified atom stereocenters. The molecule has 0 aliphatic carbocycles. The standard InChI is InChI=1S/C11H15N3O2/c1-8-9(3-4-15-8)6-14(2)11-13-10(5-12)7-16-11/h3-4,7H,5-6,12H2,1-2H3. The van der Waals surface area contributed by atoms with E-state index >= 15 is 0 Å². The van der Waals surface area contributed by atoms with E-state index in [0.29, 0.717) is 19.1 Å². The zero-order valence-electron chi connectivity index (χ0n) is 9.43. The molecule has 0 bridgehead atoms. The van der Waals surface area contributed by atoms with E-state index in [1.165, 1.54) is 0 Å². The van der Waals surface area contributed by atoms with Crippen molar-refractivity contribution in [2.45, 2.75) is 20.0 Å². The third kappa shape index (κ3) is 2.09. The number of furan rings is 1. The van der Waals surface area contributed by atoms with Gasteiger partial charge in [-0.3, -0.25) is 0 Å². The molecule has 0 saturated carbocycles. The number of hydrogen-bond donors (Lipinski definition) is 1. The maximum Gasteiger partial charge on any atom is 0.297 e. The van der Waals surface area contributed by atoms with Crippen molar-refractivity contribution in [3.63, 3.8) is 0 Å². The van der Waals surface area contributed by atoms with Gasteiger partial charge in [0.2, 0.25) is 0 Å². The smallest absolute Gasteiger partial charge is 0.297 e. The van der Waals surface area contributed by atoms with E-state index in [4.69, 9.17) is 14.6 Å². The first-order chi connectivity index (χ1) is 7.70. The molecule has 5 nitrogen and oxygen atoms in total. The third-order valence-electron chi connectivity index (χ3n) is 2.45. The van der Waals surface area contributed by atoms with Crippen LogP contribution in [0.15, 0.2) is 27.4 Å². The minimum atomic E-state index is 0.391. The largest absolute Gasteiger partial charge is 0.469 e. The molecule has 2 heterocycles. The summed E-state index contributed by atoms with van der Waals surface area (Å²) in [4.78, 5) is 6.16. The second-order valence-electron chi connectivity index (χ2n) is 3.68. The van der Waals surface area contributed by atoms with Gasteiger partial charge in [-0.15, -0.1) is 0 Å². The Labute approximate surface area is 93.9 Å². The minimum Gasteiger partial charge on any atom is -0.469 e. The van der Waals surface area contributed by atoms with Crippen molar-refractivity contribution in [2.24, 2.45) is 5.73 Å². The predicted octanol–water partition coefficient (Wildman–Crippen LogP) is 1.67. The first-order valence-corrected chi connectivity index (χ1v) is 5.09. The molecule has 86 valence electrons. The van der Waals surface area contributed by atoms with Crippen molar-refractivity contribution >= 4 is 6.01 Å². The fourth-order valence-corrected chi connectivity index (χ4v) is 1.46. The van der Waals surface area contributed by atoms with Crippen molar-refractivity contribution in [1.82, 2.24) is 4.98 Å². The maximum absolute atomic E-state index is 5.47. The molecule has 0 aliphatic heterocycles. The van der Waals surface area contributed by atoms with Gasteiger partial charge in [-0.2, -0.15) is 4.98 Å². The molecule has 2 aromatic rings. The van der Waals surface area contributed by atoms with E-state index in [2.05, 4.69) is 4.98 Å². The van der Waals surface area contributed by atoms with E-state index in [9.17, 15) is 0 Å². The Hall–Kier alpha value is -1.75. The maximum atomic E-state index is 5.47. The van der Waals surface area contributed by atoms with Gasteiger partial charge in [0.15, 0.2) is 0 Å². The molecule has 0 saturated heterocycles. The van der Waals surface area contributed by atoms with Crippen LogP contribution in [0.1, 0.15) is 17.0 Å². The molecule has 0 atom stereocenters. The highest BCUT2D eigenvalue weighted by Gasteiger charge is 2.11. The number of nitrogens with two attached hydrogens (primary N) is 1.